The smallest absolute Gasteiger partial charge is 0.167 e. The van der Waals surface area contributed by atoms with E-state index < -0.39 is 0 Å². The zero-order valence-corrected chi connectivity index (χ0v) is 13.6. The van der Waals surface area contributed by atoms with Gasteiger partial charge in [-0.2, -0.15) is 0 Å². The lowest BCUT2D eigenvalue weighted by Gasteiger charge is -2.17. The zero-order chi connectivity index (χ0) is 14.3. The highest BCUT2D eigenvalue weighted by Crippen LogP contribution is 2.30. The summed E-state index contributed by atoms with van der Waals surface area (Å²) in [6, 6.07) is 9.60. The summed E-state index contributed by atoms with van der Waals surface area (Å²) in [5.74, 6) is 0.126. The van der Waals surface area contributed by atoms with Crippen LogP contribution in [0.4, 0.5) is 0 Å². The summed E-state index contributed by atoms with van der Waals surface area (Å²) in [7, 11) is 0. The summed E-state index contributed by atoms with van der Waals surface area (Å²) in [6.07, 6.45) is 2.07. The van der Waals surface area contributed by atoms with Gasteiger partial charge in [-0.05, 0) is 53.8 Å². The molecule has 0 saturated carbocycles. The lowest BCUT2D eigenvalue weighted by atomic mass is 9.88. The van der Waals surface area contributed by atoms with Crippen LogP contribution in [0.3, 0.4) is 0 Å². The van der Waals surface area contributed by atoms with Gasteiger partial charge in [0.05, 0.1) is 10.0 Å². The first-order valence-electron chi connectivity index (χ1n) is 6.33. The van der Waals surface area contributed by atoms with Crippen LogP contribution in [-0.4, -0.2) is 5.78 Å². The van der Waals surface area contributed by atoms with Gasteiger partial charge in [-0.25, -0.2) is 0 Å². The Balaban J connectivity index is 2.08. The molecule has 0 spiro atoms. The molecule has 0 aliphatic heterocycles. The van der Waals surface area contributed by atoms with E-state index in [9.17, 15) is 4.79 Å². The topological polar surface area (TPSA) is 17.1 Å². The van der Waals surface area contributed by atoms with E-state index in [1.807, 2.05) is 30.3 Å². The summed E-state index contributed by atoms with van der Waals surface area (Å²) in [6.45, 7) is 0. The van der Waals surface area contributed by atoms with Crippen LogP contribution >= 0.6 is 39.1 Å². The Kier molecular flexibility index (Phi) is 3.89. The number of carbonyl (C=O) groups excluding carboxylic acids is 1. The minimum absolute atomic E-state index is 0.126. The molecule has 0 fully saturated rings. The molecule has 1 aliphatic carbocycles. The van der Waals surface area contributed by atoms with E-state index >= 15 is 0 Å². The number of hydrogen-bond acceptors (Lipinski definition) is 1. The highest BCUT2D eigenvalue weighted by Gasteiger charge is 2.19. The highest BCUT2D eigenvalue weighted by molar-refractivity contribution is 9.10. The van der Waals surface area contributed by atoms with E-state index in [2.05, 4.69) is 15.9 Å². The van der Waals surface area contributed by atoms with E-state index in [0.29, 0.717) is 16.5 Å². The van der Waals surface area contributed by atoms with Crippen molar-refractivity contribution in [3.63, 3.8) is 0 Å². The third-order valence-electron chi connectivity index (χ3n) is 3.63. The summed E-state index contributed by atoms with van der Waals surface area (Å²) in [4.78, 5) is 12.5. The van der Waals surface area contributed by atoms with Crippen molar-refractivity contribution in [2.45, 2.75) is 19.3 Å². The zero-order valence-electron chi connectivity index (χ0n) is 10.6. The van der Waals surface area contributed by atoms with Crippen molar-refractivity contribution in [3.8, 4) is 0 Å². The molecule has 0 N–H and O–H groups in total. The molecule has 0 bridgehead atoms. The number of ketones is 1. The molecular formula is C16H11BrCl2O. The van der Waals surface area contributed by atoms with Gasteiger partial charge in [-0.1, -0.05) is 45.2 Å². The Labute approximate surface area is 136 Å². The molecule has 2 aromatic rings. The van der Waals surface area contributed by atoms with E-state index in [0.717, 1.165) is 39.6 Å². The van der Waals surface area contributed by atoms with Crippen LogP contribution in [0, 0.1) is 0 Å². The van der Waals surface area contributed by atoms with Crippen molar-refractivity contribution < 1.29 is 4.79 Å². The van der Waals surface area contributed by atoms with Gasteiger partial charge in [-0.15, -0.1) is 0 Å². The van der Waals surface area contributed by atoms with Gasteiger partial charge in [0.1, 0.15) is 0 Å². The molecule has 1 nitrogen and oxygen atoms in total. The fourth-order valence-corrected chi connectivity index (χ4v) is 3.32. The molecule has 2 aromatic carbocycles. The predicted octanol–water partition coefficient (Wildman–Crippen LogP) is 5.28. The van der Waals surface area contributed by atoms with E-state index in [4.69, 9.17) is 23.2 Å². The summed E-state index contributed by atoms with van der Waals surface area (Å²) in [5, 5.41) is 1.06. The Morgan fingerprint density at radius 3 is 2.30 bits per heavy atom. The lowest BCUT2D eigenvalue weighted by Crippen LogP contribution is -2.13. The summed E-state index contributed by atoms with van der Waals surface area (Å²) < 4.78 is 0.930. The van der Waals surface area contributed by atoms with Gasteiger partial charge in [0, 0.05) is 16.5 Å². The first-order chi connectivity index (χ1) is 9.54. The number of hydrogen-bond donors (Lipinski definition) is 0. The number of carbonyl (C=O) groups is 1. The fourth-order valence-electron chi connectivity index (χ4n) is 2.59. The molecular weight excluding hydrogens is 359 g/mol. The van der Waals surface area contributed by atoms with Crippen molar-refractivity contribution >= 4 is 44.9 Å². The Morgan fingerprint density at radius 1 is 0.900 bits per heavy atom. The van der Waals surface area contributed by atoms with Crippen LogP contribution < -0.4 is 0 Å². The molecule has 102 valence electrons. The number of benzene rings is 2. The van der Waals surface area contributed by atoms with Crippen LogP contribution in [0.1, 0.15) is 27.0 Å². The molecule has 0 atom stereocenters. The van der Waals surface area contributed by atoms with Crippen molar-refractivity contribution in [1.29, 1.82) is 0 Å². The average molecular weight is 370 g/mol. The molecule has 0 heterocycles. The standard InChI is InChI=1S/C16H11BrCl2O/c17-12-4-3-9-1-2-10-5-14(18)15(19)6-11(10)7-16(20)13(9)8-12/h3-6,8H,1-2,7H2. The minimum atomic E-state index is 0.126. The molecule has 1 aliphatic rings. The number of rotatable bonds is 0. The van der Waals surface area contributed by atoms with Gasteiger partial charge in [-0.3, -0.25) is 4.79 Å². The first kappa shape index (κ1) is 14.1. The lowest BCUT2D eigenvalue weighted by molar-refractivity contribution is 0.0991. The SMILES string of the molecule is O=C1Cc2cc(Cl)c(Cl)cc2CCc2ccc(Br)cc21. The normalized spacial score (nSPS) is 14.2. The van der Waals surface area contributed by atoms with Crippen LogP contribution in [0.15, 0.2) is 34.8 Å². The van der Waals surface area contributed by atoms with Crippen molar-refractivity contribution in [1.82, 2.24) is 0 Å². The third kappa shape index (κ3) is 2.65. The van der Waals surface area contributed by atoms with E-state index in [-0.39, 0.29) is 5.78 Å². The van der Waals surface area contributed by atoms with Gasteiger partial charge in [0.2, 0.25) is 0 Å². The van der Waals surface area contributed by atoms with Gasteiger partial charge < -0.3 is 0 Å². The molecule has 3 rings (SSSR count). The Morgan fingerprint density at radius 2 is 1.55 bits per heavy atom. The van der Waals surface area contributed by atoms with Gasteiger partial charge in [0.15, 0.2) is 5.78 Å². The highest BCUT2D eigenvalue weighted by atomic mass is 79.9. The maximum atomic E-state index is 12.5. The van der Waals surface area contributed by atoms with Crippen LogP contribution in [0.25, 0.3) is 0 Å². The second kappa shape index (κ2) is 5.51. The van der Waals surface area contributed by atoms with Crippen LogP contribution in [-0.2, 0) is 19.3 Å². The minimum Gasteiger partial charge on any atom is -0.294 e. The van der Waals surface area contributed by atoms with E-state index in [1.165, 1.54) is 0 Å². The maximum Gasteiger partial charge on any atom is 0.167 e. The molecule has 0 radical (unpaired) electrons. The van der Waals surface area contributed by atoms with Crippen LogP contribution in [0.5, 0.6) is 0 Å². The number of Topliss-reactive ketones (excluding diaryl/α,β-unsaturated/α-hetero) is 1. The maximum absolute atomic E-state index is 12.5. The molecule has 0 saturated heterocycles. The number of aryl methyl sites for hydroxylation is 2. The predicted molar refractivity (Wildman–Crippen MR) is 86.0 cm³/mol. The van der Waals surface area contributed by atoms with Crippen molar-refractivity contribution in [2.24, 2.45) is 0 Å². The second-order valence-electron chi connectivity index (χ2n) is 4.94. The first-order valence-corrected chi connectivity index (χ1v) is 7.88. The second-order valence-corrected chi connectivity index (χ2v) is 6.67. The monoisotopic (exact) mass is 368 g/mol. The molecule has 20 heavy (non-hydrogen) atoms. The van der Waals surface area contributed by atoms with Crippen LogP contribution in [0.2, 0.25) is 10.0 Å². The Hall–Kier alpha value is -0.830. The van der Waals surface area contributed by atoms with E-state index in [1.54, 1.807) is 0 Å². The summed E-state index contributed by atoms with van der Waals surface area (Å²) >= 11 is 15.6. The van der Waals surface area contributed by atoms with Gasteiger partial charge >= 0.3 is 0 Å². The quantitative estimate of drug-likeness (QED) is 0.617. The van der Waals surface area contributed by atoms with Crippen molar-refractivity contribution in [3.05, 3.63) is 67.1 Å². The van der Waals surface area contributed by atoms with Gasteiger partial charge in [0.25, 0.3) is 0 Å². The number of halogens is 3. The fraction of sp³-hybridized carbons (Fsp3) is 0.188. The molecule has 4 heteroatoms. The largest absolute Gasteiger partial charge is 0.294 e. The summed E-state index contributed by atoms with van der Waals surface area (Å²) in [5.41, 5.74) is 3.99. The third-order valence-corrected chi connectivity index (χ3v) is 4.84. The average Bonchev–Trinajstić information content (AvgIpc) is 2.40. The molecule has 0 unspecified atom stereocenters. The molecule has 0 aromatic heterocycles. The molecule has 0 amide bonds. The Bertz CT molecular complexity index is 710. The van der Waals surface area contributed by atoms with Crippen molar-refractivity contribution in [2.75, 3.05) is 0 Å². The number of fused-ring (bicyclic) bond motifs is 2.